The van der Waals surface area contributed by atoms with E-state index in [2.05, 4.69) is 17.2 Å². The number of amides is 3. The molecule has 158 valence electrons. The molecule has 0 spiro atoms. The molecule has 2 unspecified atom stereocenters. The molecule has 0 saturated carbocycles. The summed E-state index contributed by atoms with van der Waals surface area (Å²) in [7, 11) is 0. The third-order valence-corrected chi connectivity index (χ3v) is 5.36. The molecule has 0 aliphatic carbocycles. The number of β-lactam (4-membered cyclic amide) rings is 1. The minimum atomic E-state index is -1.19. The van der Waals surface area contributed by atoms with Gasteiger partial charge in [0.15, 0.2) is 6.04 Å². The number of rotatable bonds is 8. The fourth-order valence-corrected chi connectivity index (χ4v) is 3.87. The standard InChI is InChI=1S/C22H26N4O4/c1-13(16-10-5-8-15-7-3-4-9-17(15)16)25-22(30)26-19(21(28)29)18(20(26)27)11-6-12-24-14(2)23/h3-5,7-10,13,18-19,24H,2,6,11-12,23H2,1H3,(H,25,30)(H,28,29)/t13?,18-,19?/m1/s1. The molecule has 3 atom stereocenters. The lowest BCUT2D eigenvalue weighted by Gasteiger charge is -2.43. The minimum absolute atomic E-state index is 0.313. The molecule has 0 radical (unpaired) electrons. The molecule has 2 aromatic carbocycles. The number of carboxylic acid groups (broad SMARTS) is 1. The van der Waals surface area contributed by atoms with Gasteiger partial charge in [-0.1, -0.05) is 49.0 Å². The first kappa shape index (κ1) is 21.2. The zero-order valence-electron chi connectivity index (χ0n) is 16.8. The Bertz CT molecular complexity index is 985. The van der Waals surface area contributed by atoms with Crippen molar-refractivity contribution in [2.24, 2.45) is 11.7 Å². The maximum absolute atomic E-state index is 12.7. The van der Waals surface area contributed by atoms with Gasteiger partial charge in [-0.15, -0.1) is 0 Å². The zero-order chi connectivity index (χ0) is 21.8. The number of nitrogens with one attached hydrogen (secondary N) is 2. The van der Waals surface area contributed by atoms with Crippen LogP contribution in [0.15, 0.2) is 54.9 Å². The molecule has 3 rings (SSSR count). The number of hydrogen-bond acceptors (Lipinski definition) is 5. The second-order valence-corrected chi connectivity index (χ2v) is 7.43. The van der Waals surface area contributed by atoms with Crippen molar-refractivity contribution in [2.45, 2.75) is 31.8 Å². The largest absolute Gasteiger partial charge is 0.480 e. The fraction of sp³-hybridized carbons (Fsp3) is 0.318. The van der Waals surface area contributed by atoms with E-state index in [1.807, 2.05) is 49.4 Å². The predicted molar refractivity (Wildman–Crippen MR) is 113 cm³/mol. The first-order chi connectivity index (χ1) is 14.3. The van der Waals surface area contributed by atoms with E-state index in [0.717, 1.165) is 21.2 Å². The molecule has 8 nitrogen and oxygen atoms in total. The topological polar surface area (TPSA) is 125 Å². The van der Waals surface area contributed by atoms with Gasteiger partial charge in [-0.05, 0) is 36.1 Å². The van der Waals surface area contributed by atoms with Gasteiger partial charge in [0, 0.05) is 6.54 Å². The molecule has 1 aliphatic rings. The third kappa shape index (κ3) is 4.22. The Labute approximate surface area is 174 Å². The number of benzene rings is 2. The number of urea groups is 1. The van der Waals surface area contributed by atoms with Crippen LogP contribution in [0.3, 0.4) is 0 Å². The van der Waals surface area contributed by atoms with E-state index < -0.39 is 35.9 Å². The Balaban J connectivity index is 1.67. The van der Waals surface area contributed by atoms with E-state index in [1.54, 1.807) is 0 Å². The molecule has 0 bridgehead atoms. The van der Waals surface area contributed by atoms with Crippen LogP contribution < -0.4 is 16.4 Å². The summed E-state index contributed by atoms with van der Waals surface area (Å²) in [6.45, 7) is 5.81. The second-order valence-electron chi connectivity index (χ2n) is 7.43. The Morgan fingerprint density at radius 3 is 2.63 bits per heavy atom. The van der Waals surface area contributed by atoms with Crippen molar-refractivity contribution < 1.29 is 19.5 Å². The average molecular weight is 410 g/mol. The van der Waals surface area contributed by atoms with Gasteiger partial charge >= 0.3 is 12.0 Å². The highest BCUT2D eigenvalue weighted by Gasteiger charge is 2.54. The average Bonchev–Trinajstić information content (AvgIpc) is 2.70. The number of imide groups is 1. The number of carboxylic acids is 1. The van der Waals surface area contributed by atoms with Crippen molar-refractivity contribution in [1.82, 2.24) is 15.5 Å². The van der Waals surface area contributed by atoms with Gasteiger partial charge in [-0.3, -0.25) is 4.79 Å². The zero-order valence-corrected chi connectivity index (χ0v) is 16.8. The Hall–Kier alpha value is -3.55. The van der Waals surface area contributed by atoms with Gasteiger partial charge in [0.25, 0.3) is 0 Å². The van der Waals surface area contributed by atoms with Gasteiger partial charge < -0.3 is 21.5 Å². The van der Waals surface area contributed by atoms with E-state index >= 15 is 0 Å². The highest BCUT2D eigenvalue weighted by Crippen LogP contribution is 2.32. The SMILES string of the molecule is C=C(N)NCCC[C@H]1C(=O)N(C(=O)NC(C)c2cccc3ccccc23)C1C(=O)O. The van der Waals surface area contributed by atoms with Crippen LogP contribution in [0.4, 0.5) is 4.79 Å². The van der Waals surface area contributed by atoms with Crippen LogP contribution in [-0.4, -0.2) is 40.5 Å². The number of hydrogen-bond donors (Lipinski definition) is 4. The monoisotopic (exact) mass is 410 g/mol. The number of likely N-dealkylation sites (tertiary alicyclic amines) is 1. The summed E-state index contributed by atoms with van der Waals surface area (Å²) < 4.78 is 0. The van der Waals surface area contributed by atoms with Crippen molar-refractivity contribution in [3.63, 3.8) is 0 Å². The van der Waals surface area contributed by atoms with Crippen molar-refractivity contribution in [3.05, 3.63) is 60.4 Å². The van der Waals surface area contributed by atoms with Crippen molar-refractivity contribution in [1.29, 1.82) is 0 Å². The summed E-state index contributed by atoms with van der Waals surface area (Å²) >= 11 is 0. The Morgan fingerprint density at radius 1 is 1.23 bits per heavy atom. The van der Waals surface area contributed by atoms with E-state index in [4.69, 9.17) is 5.73 Å². The lowest BCUT2D eigenvalue weighted by Crippen LogP contribution is -2.68. The molecule has 3 amide bonds. The summed E-state index contributed by atoms with van der Waals surface area (Å²) in [6.07, 6.45) is 0.886. The van der Waals surface area contributed by atoms with Crippen LogP contribution in [0, 0.1) is 5.92 Å². The molecule has 2 aromatic rings. The quantitative estimate of drug-likeness (QED) is 0.391. The first-order valence-electron chi connectivity index (χ1n) is 9.83. The molecule has 0 aromatic heterocycles. The lowest BCUT2D eigenvalue weighted by molar-refractivity contribution is -0.166. The number of carbonyl (C=O) groups is 3. The van der Waals surface area contributed by atoms with E-state index in [0.29, 0.717) is 25.2 Å². The summed E-state index contributed by atoms with van der Waals surface area (Å²) in [5.74, 6) is -2.08. The van der Waals surface area contributed by atoms with Crippen molar-refractivity contribution in [2.75, 3.05) is 6.54 Å². The van der Waals surface area contributed by atoms with Crippen LogP contribution in [0.25, 0.3) is 10.8 Å². The molecule has 1 aliphatic heterocycles. The molecule has 1 fully saturated rings. The molecule has 5 N–H and O–H groups in total. The number of aliphatic carboxylic acids is 1. The van der Waals surface area contributed by atoms with E-state index in [9.17, 15) is 19.5 Å². The molecule has 1 heterocycles. The van der Waals surface area contributed by atoms with E-state index in [1.165, 1.54) is 0 Å². The minimum Gasteiger partial charge on any atom is -0.480 e. The van der Waals surface area contributed by atoms with Gasteiger partial charge in [0.05, 0.1) is 17.8 Å². The molecule has 30 heavy (non-hydrogen) atoms. The van der Waals surface area contributed by atoms with Gasteiger partial charge in [-0.25, -0.2) is 14.5 Å². The van der Waals surface area contributed by atoms with Gasteiger partial charge in [-0.2, -0.15) is 0 Å². The summed E-state index contributed by atoms with van der Waals surface area (Å²) in [4.78, 5) is 37.8. The van der Waals surface area contributed by atoms with E-state index in [-0.39, 0.29) is 0 Å². The highest BCUT2D eigenvalue weighted by atomic mass is 16.4. The number of nitrogens with two attached hydrogens (primary N) is 1. The Morgan fingerprint density at radius 2 is 1.93 bits per heavy atom. The Kier molecular flexibility index (Phi) is 6.25. The fourth-order valence-electron chi connectivity index (χ4n) is 3.87. The predicted octanol–water partition coefficient (Wildman–Crippen LogP) is 2.32. The van der Waals surface area contributed by atoms with Crippen LogP contribution in [0.2, 0.25) is 0 Å². The van der Waals surface area contributed by atoms with Gasteiger partial charge in [0.1, 0.15) is 0 Å². The summed E-state index contributed by atoms with van der Waals surface area (Å²) in [5, 5.41) is 17.2. The lowest BCUT2D eigenvalue weighted by atomic mass is 9.84. The third-order valence-electron chi connectivity index (χ3n) is 5.36. The van der Waals surface area contributed by atoms with Crippen molar-refractivity contribution in [3.8, 4) is 0 Å². The van der Waals surface area contributed by atoms with Crippen molar-refractivity contribution >= 4 is 28.7 Å². The van der Waals surface area contributed by atoms with Gasteiger partial charge in [0.2, 0.25) is 5.91 Å². The van der Waals surface area contributed by atoms with Crippen LogP contribution in [0.1, 0.15) is 31.4 Å². The summed E-state index contributed by atoms with van der Waals surface area (Å²) in [5.41, 5.74) is 6.32. The molecule has 1 saturated heterocycles. The second kappa shape index (κ2) is 8.86. The molecule has 8 heteroatoms. The van der Waals surface area contributed by atoms with Crippen LogP contribution in [0.5, 0.6) is 0 Å². The van der Waals surface area contributed by atoms with Crippen LogP contribution in [-0.2, 0) is 9.59 Å². The molecular weight excluding hydrogens is 384 g/mol. The number of fused-ring (bicyclic) bond motifs is 1. The summed E-state index contributed by atoms with van der Waals surface area (Å²) in [6, 6.07) is 11.3. The first-order valence-corrected chi connectivity index (χ1v) is 9.83. The number of nitrogens with zero attached hydrogens (tertiary/aromatic N) is 1. The highest BCUT2D eigenvalue weighted by molar-refractivity contribution is 6.07. The maximum Gasteiger partial charge on any atom is 0.327 e. The van der Waals surface area contributed by atoms with Crippen LogP contribution >= 0.6 is 0 Å². The smallest absolute Gasteiger partial charge is 0.327 e. The number of carbonyl (C=O) groups excluding carboxylic acids is 2. The maximum atomic E-state index is 12.7. The molecular formula is C22H26N4O4. The normalized spacial score (nSPS) is 19.1.